The van der Waals surface area contributed by atoms with Gasteiger partial charge in [-0.3, -0.25) is 14.9 Å². The standard InChI is InChI=1S/C22H20N8O3/c1-15-17(8-5-9-18(15)30(32)33)22(31)28-12-10-27(11-13-28)20-19-21(24-14-23-20)29(26-25-19)16-6-3-2-4-7-16/h2-9,14H,10-13H2,1H3. The van der Waals surface area contributed by atoms with Gasteiger partial charge in [0, 0.05) is 43.4 Å². The van der Waals surface area contributed by atoms with Crippen LogP contribution < -0.4 is 4.90 Å². The molecule has 2 aromatic carbocycles. The summed E-state index contributed by atoms with van der Waals surface area (Å²) in [5.41, 5.74) is 2.74. The number of amides is 1. The van der Waals surface area contributed by atoms with Crippen LogP contribution >= 0.6 is 0 Å². The molecule has 0 N–H and O–H groups in total. The highest BCUT2D eigenvalue weighted by Gasteiger charge is 2.27. The van der Waals surface area contributed by atoms with Gasteiger partial charge in [-0.1, -0.05) is 29.5 Å². The number of nitrogens with zero attached hydrogens (tertiary/aromatic N) is 8. The predicted molar refractivity (Wildman–Crippen MR) is 120 cm³/mol. The lowest BCUT2D eigenvalue weighted by Gasteiger charge is -2.35. The van der Waals surface area contributed by atoms with Crippen molar-refractivity contribution in [3.05, 3.63) is 76.1 Å². The number of para-hydroxylation sites is 1. The van der Waals surface area contributed by atoms with Crippen LogP contribution in [-0.4, -0.2) is 66.9 Å². The molecule has 0 aliphatic carbocycles. The van der Waals surface area contributed by atoms with E-state index in [1.54, 1.807) is 28.6 Å². The molecule has 11 nitrogen and oxygen atoms in total. The van der Waals surface area contributed by atoms with Gasteiger partial charge in [0.1, 0.15) is 6.33 Å². The van der Waals surface area contributed by atoms with Crippen molar-refractivity contribution in [1.82, 2.24) is 29.9 Å². The van der Waals surface area contributed by atoms with Crippen LogP contribution in [0.1, 0.15) is 15.9 Å². The van der Waals surface area contributed by atoms with Crippen molar-refractivity contribution in [2.45, 2.75) is 6.92 Å². The first-order chi connectivity index (χ1) is 16.0. The second-order valence-electron chi connectivity index (χ2n) is 7.69. The maximum Gasteiger partial charge on any atom is 0.273 e. The van der Waals surface area contributed by atoms with Gasteiger partial charge in [0.2, 0.25) is 0 Å². The van der Waals surface area contributed by atoms with Gasteiger partial charge in [-0.15, -0.1) is 5.10 Å². The Morgan fingerprint density at radius 1 is 1.00 bits per heavy atom. The molecule has 166 valence electrons. The van der Waals surface area contributed by atoms with Crippen molar-refractivity contribution < 1.29 is 9.72 Å². The molecule has 2 aromatic heterocycles. The van der Waals surface area contributed by atoms with Crippen molar-refractivity contribution in [1.29, 1.82) is 0 Å². The van der Waals surface area contributed by atoms with E-state index in [9.17, 15) is 14.9 Å². The Balaban J connectivity index is 1.36. The number of carbonyl (C=O) groups excluding carboxylic acids is 1. The molecule has 0 saturated carbocycles. The number of aromatic nitrogens is 5. The summed E-state index contributed by atoms with van der Waals surface area (Å²) in [7, 11) is 0. The van der Waals surface area contributed by atoms with E-state index in [4.69, 9.17) is 0 Å². The zero-order valence-electron chi connectivity index (χ0n) is 17.8. The van der Waals surface area contributed by atoms with Crippen LogP contribution in [0.5, 0.6) is 0 Å². The first-order valence-electron chi connectivity index (χ1n) is 10.4. The molecule has 0 spiro atoms. The lowest BCUT2D eigenvalue weighted by Crippen LogP contribution is -2.49. The van der Waals surface area contributed by atoms with Crippen LogP contribution in [0.4, 0.5) is 11.5 Å². The highest BCUT2D eigenvalue weighted by atomic mass is 16.6. The second-order valence-corrected chi connectivity index (χ2v) is 7.69. The summed E-state index contributed by atoms with van der Waals surface area (Å²) in [4.78, 5) is 36.4. The topological polar surface area (TPSA) is 123 Å². The van der Waals surface area contributed by atoms with Gasteiger partial charge >= 0.3 is 0 Å². The average Bonchev–Trinajstić information content (AvgIpc) is 3.29. The molecule has 0 unspecified atom stereocenters. The van der Waals surface area contributed by atoms with Crippen LogP contribution in [0.2, 0.25) is 0 Å². The Kier molecular flexibility index (Phi) is 5.13. The lowest BCUT2D eigenvalue weighted by atomic mass is 10.1. The number of rotatable bonds is 4. The molecule has 1 fully saturated rings. The Bertz CT molecular complexity index is 1350. The van der Waals surface area contributed by atoms with E-state index in [-0.39, 0.29) is 11.6 Å². The maximum absolute atomic E-state index is 13.0. The number of hydrogen-bond acceptors (Lipinski definition) is 8. The molecule has 0 bridgehead atoms. The van der Waals surface area contributed by atoms with Gasteiger partial charge < -0.3 is 9.80 Å². The number of fused-ring (bicyclic) bond motifs is 1. The molecule has 33 heavy (non-hydrogen) atoms. The van der Waals surface area contributed by atoms with E-state index in [0.717, 1.165) is 5.69 Å². The molecule has 1 aliphatic rings. The molecule has 0 radical (unpaired) electrons. The van der Waals surface area contributed by atoms with E-state index in [1.807, 2.05) is 30.3 Å². The number of nitro groups is 1. The predicted octanol–water partition coefficient (Wildman–Crippen LogP) is 2.39. The number of hydrogen-bond donors (Lipinski definition) is 0. The molecule has 5 rings (SSSR count). The largest absolute Gasteiger partial charge is 0.351 e. The quantitative estimate of drug-likeness (QED) is 0.347. The third kappa shape index (κ3) is 3.63. The Morgan fingerprint density at radius 3 is 2.48 bits per heavy atom. The lowest BCUT2D eigenvalue weighted by molar-refractivity contribution is -0.385. The first kappa shape index (κ1) is 20.5. The van der Waals surface area contributed by atoms with Gasteiger partial charge in [0.05, 0.1) is 10.6 Å². The van der Waals surface area contributed by atoms with E-state index in [1.165, 1.54) is 12.4 Å². The minimum absolute atomic E-state index is 0.0515. The van der Waals surface area contributed by atoms with E-state index >= 15 is 0 Å². The van der Waals surface area contributed by atoms with Crippen molar-refractivity contribution in [3.63, 3.8) is 0 Å². The second kappa shape index (κ2) is 8.26. The Hall–Kier alpha value is -4.41. The van der Waals surface area contributed by atoms with Crippen molar-refractivity contribution in [2.75, 3.05) is 31.1 Å². The van der Waals surface area contributed by atoms with Crippen molar-refractivity contribution in [2.24, 2.45) is 0 Å². The summed E-state index contributed by atoms with van der Waals surface area (Å²) in [6, 6.07) is 14.2. The molecule has 3 heterocycles. The summed E-state index contributed by atoms with van der Waals surface area (Å²) in [6.45, 7) is 3.61. The number of benzene rings is 2. The summed E-state index contributed by atoms with van der Waals surface area (Å²) in [5, 5.41) is 19.8. The molecular weight excluding hydrogens is 424 g/mol. The van der Waals surface area contributed by atoms with Crippen molar-refractivity contribution >= 4 is 28.6 Å². The number of piperazine rings is 1. The zero-order valence-corrected chi connectivity index (χ0v) is 17.8. The number of anilines is 1. The fourth-order valence-electron chi connectivity index (χ4n) is 4.06. The molecule has 11 heteroatoms. The maximum atomic E-state index is 13.0. The van der Waals surface area contributed by atoms with Gasteiger partial charge in [0.25, 0.3) is 11.6 Å². The van der Waals surface area contributed by atoms with E-state index in [2.05, 4.69) is 25.2 Å². The smallest absolute Gasteiger partial charge is 0.273 e. The van der Waals surface area contributed by atoms with Crippen LogP contribution in [0.3, 0.4) is 0 Å². The summed E-state index contributed by atoms with van der Waals surface area (Å²) < 4.78 is 1.67. The van der Waals surface area contributed by atoms with E-state index in [0.29, 0.717) is 54.3 Å². The molecule has 1 aliphatic heterocycles. The fourth-order valence-corrected chi connectivity index (χ4v) is 4.06. The number of carbonyl (C=O) groups is 1. The normalized spacial score (nSPS) is 14.0. The molecule has 1 amide bonds. The summed E-state index contributed by atoms with van der Waals surface area (Å²) in [6.07, 6.45) is 1.49. The van der Waals surface area contributed by atoms with Crippen LogP contribution in [0, 0.1) is 17.0 Å². The number of nitro benzene ring substituents is 1. The van der Waals surface area contributed by atoms with Crippen LogP contribution in [0.15, 0.2) is 54.9 Å². The average molecular weight is 444 g/mol. The first-order valence-corrected chi connectivity index (χ1v) is 10.4. The van der Waals surface area contributed by atoms with Crippen LogP contribution in [0.25, 0.3) is 16.9 Å². The van der Waals surface area contributed by atoms with Gasteiger partial charge in [-0.05, 0) is 25.1 Å². The van der Waals surface area contributed by atoms with Gasteiger partial charge in [-0.2, -0.15) is 4.68 Å². The molecule has 0 atom stereocenters. The fraction of sp³-hybridized carbons (Fsp3) is 0.227. The Morgan fingerprint density at radius 2 is 1.76 bits per heavy atom. The third-order valence-corrected chi connectivity index (χ3v) is 5.82. The molecule has 4 aromatic rings. The van der Waals surface area contributed by atoms with Gasteiger partial charge in [-0.25, -0.2) is 9.97 Å². The highest BCUT2D eigenvalue weighted by Crippen LogP contribution is 2.25. The van der Waals surface area contributed by atoms with Gasteiger partial charge in [0.15, 0.2) is 17.0 Å². The minimum Gasteiger partial charge on any atom is -0.351 e. The monoisotopic (exact) mass is 444 g/mol. The van der Waals surface area contributed by atoms with Crippen molar-refractivity contribution in [3.8, 4) is 5.69 Å². The summed E-state index contributed by atoms with van der Waals surface area (Å²) in [5.74, 6) is 0.458. The Labute approximate surface area is 188 Å². The molecule has 1 saturated heterocycles. The zero-order chi connectivity index (χ0) is 22.9. The SMILES string of the molecule is Cc1c(C(=O)N2CCN(c3ncnc4c3nnn4-c3ccccc3)CC2)cccc1[N+](=O)[O-]. The third-order valence-electron chi connectivity index (χ3n) is 5.82. The van der Waals surface area contributed by atoms with Crippen LogP contribution in [-0.2, 0) is 0 Å². The summed E-state index contributed by atoms with van der Waals surface area (Å²) >= 11 is 0. The highest BCUT2D eigenvalue weighted by molar-refractivity contribution is 5.96. The molecular formula is C22H20N8O3. The van der Waals surface area contributed by atoms with E-state index < -0.39 is 4.92 Å². The minimum atomic E-state index is -0.465.